The van der Waals surface area contributed by atoms with Gasteiger partial charge in [-0.25, -0.2) is 0 Å². The number of nitriles is 1. The Labute approximate surface area is 137 Å². The van der Waals surface area contributed by atoms with E-state index in [0.717, 1.165) is 11.4 Å². The second-order valence-corrected chi connectivity index (χ2v) is 5.51. The number of hydrogen-bond acceptors (Lipinski definition) is 2. The molecule has 3 nitrogen and oxygen atoms in total. The Bertz CT molecular complexity index is 689. The van der Waals surface area contributed by atoms with Gasteiger partial charge in [-0.3, -0.25) is 0 Å². The quantitative estimate of drug-likeness (QED) is 0.849. The number of nitrogens with zero attached hydrogens (tertiary/aromatic N) is 2. The van der Waals surface area contributed by atoms with Crippen molar-refractivity contribution < 1.29 is 0 Å². The molecule has 0 heterocycles. The molecule has 0 unspecified atom stereocenters. The molecule has 0 aliphatic heterocycles. The molecule has 0 amide bonds. The Morgan fingerprint density at radius 3 is 2.50 bits per heavy atom. The van der Waals surface area contributed by atoms with Crippen LogP contribution in [-0.4, -0.2) is 11.7 Å². The molecule has 22 heavy (non-hydrogen) atoms. The molecule has 0 atom stereocenters. The fraction of sp³-hybridized carbons (Fsp3) is 0.222. The largest absolute Gasteiger partial charge is 0.332 e. The Kier molecular flexibility index (Phi) is 5.51. The minimum absolute atomic E-state index is 0.420. The molecule has 0 fully saturated rings. The second-order valence-electron chi connectivity index (χ2n) is 5.12. The molecule has 2 aromatic rings. The van der Waals surface area contributed by atoms with E-state index in [1.165, 1.54) is 11.1 Å². The molecule has 2 rings (SSSR count). The van der Waals surface area contributed by atoms with Crippen molar-refractivity contribution in [2.75, 3.05) is 16.8 Å². The van der Waals surface area contributed by atoms with Gasteiger partial charge in [0.25, 0.3) is 0 Å². The third kappa shape index (κ3) is 4.06. The normalized spacial score (nSPS) is 9.86. The number of anilines is 2. The van der Waals surface area contributed by atoms with E-state index in [1.54, 1.807) is 0 Å². The monoisotopic (exact) mass is 309 g/mol. The summed E-state index contributed by atoms with van der Waals surface area (Å²) in [5.74, 6) is 0. The lowest BCUT2D eigenvalue weighted by atomic mass is 10.1. The number of hydrogen-bond donors (Lipinski definition) is 1. The minimum Gasteiger partial charge on any atom is -0.332 e. The van der Waals surface area contributed by atoms with Crippen LogP contribution in [0.1, 0.15) is 17.5 Å². The highest BCUT2D eigenvalue weighted by Gasteiger charge is 2.12. The highest BCUT2D eigenvalue weighted by Crippen LogP contribution is 2.18. The Balaban J connectivity index is 2.18. The summed E-state index contributed by atoms with van der Waals surface area (Å²) in [5, 5.41) is 12.7. The standard InChI is InChI=1S/C18H19N3S/c1-14-9-10-16(13-15(14)2)20-18(22)21(12-6-11-19)17-7-4-3-5-8-17/h3-5,7-10,13H,6,12H2,1-2H3,(H,20,22). The summed E-state index contributed by atoms with van der Waals surface area (Å²) in [6, 6.07) is 18.2. The van der Waals surface area contributed by atoms with Gasteiger partial charge in [-0.15, -0.1) is 0 Å². The second kappa shape index (κ2) is 7.58. The smallest absolute Gasteiger partial charge is 0.177 e. The average molecular weight is 309 g/mol. The van der Waals surface area contributed by atoms with Crippen molar-refractivity contribution in [1.82, 2.24) is 0 Å². The number of para-hydroxylation sites is 1. The lowest BCUT2D eigenvalue weighted by molar-refractivity contribution is 0.977. The average Bonchev–Trinajstić information content (AvgIpc) is 2.52. The van der Waals surface area contributed by atoms with Crippen LogP contribution in [0, 0.1) is 25.2 Å². The van der Waals surface area contributed by atoms with E-state index in [9.17, 15) is 0 Å². The summed E-state index contributed by atoms with van der Waals surface area (Å²) in [6.45, 7) is 4.73. The maximum Gasteiger partial charge on any atom is 0.177 e. The van der Waals surface area contributed by atoms with Crippen molar-refractivity contribution in [2.45, 2.75) is 20.3 Å². The topological polar surface area (TPSA) is 39.1 Å². The van der Waals surface area contributed by atoms with Gasteiger partial charge in [-0.1, -0.05) is 24.3 Å². The first-order valence-corrected chi connectivity index (χ1v) is 7.60. The molecule has 0 saturated carbocycles. The van der Waals surface area contributed by atoms with Gasteiger partial charge in [-0.05, 0) is 61.5 Å². The summed E-state index contributed by atoms with van der Waals surface area (Å²) < 4.78 is 0. The van der Waals surface area contributed by atoms with Crippen LogP contribution in [0.4, 0.5) is 11.4 Å². The molecule has 0 aromatic heterocycles. The Morgan fingerprint density at radius 1 is 1.14 bits per heavy atom. The maximum atomic E-state index is 8.86. The predicted molar refractivity (Wildman–Crippen MR) is 96.2 cm³/mol. The molecule has 4 heteroatoms. The highest BCUT2D eigenvalue weighted by molar-refractivity contribution is 7.80. The lowest BCUT2D eigenvalue weighted by Crippen LogP contribution is -2.35. The van der Waals surface area contributed by atoms with E-state index in [-0.39, 0.29) is 0 Å². The summed E-state index contributed by atoms with van der Waals surface area (Å²) in [5.41, 5.74) is 4.42. The fourth-order valence-corrected chi connectivity index (χ4v) is 2.44. The summed E-state index contributed by atoms with van der Waals surface area (Å²) in [6.07, 6.45) is 0.420. The van der Waals surface area contributed by atoms with Crippen molar-refractivity contribution in [1.29, 1.82) is 5.26 Å². The third-order valence-corrected chi connectivity index (χ3v) is 3.84. The summed E-state index contributed by atoms with van der Waals surface area (Å²) in [4.78, 5) is 1.95. The fourth-order valence-electron chi connectivity index (χ4n) is 2.13. The molecular formula is C18H19N3S. The molecule has 2 aromatic carbocycles. The minimum atomic E-state index is 0.420. The van der Waals surface area contributed by atoms with Crippen molar-refractivity contribution >= 4 is 28.7 Å². The van der Waals surface area contributed by atoms with Gasteiger partial charge in [0, 0.05) is 17.9 Å². The van der Waals surface area contributed by atoms with Gasteiger partial charge in [0.15, 0.2) is 5.11 Å². The lowest BCUT2D eigenvalue weighted by Gasteiger charge is -2.25. The van der Waals surface area contributed by atoms with Crippen LogP contribution >= 0.6 is 12.2 Å². The summed E-state index contributed by atoms with van der Waals surface area (Å²) in [7, 11) is 0. The van der Waals surface area contributed by atoms with Crippen molar-refractivity contribution in [3.05, 3.63) is 59.7 Å². The van der Waals surface area contributed by atoms with E-state index in [0.29, 0.717) is 18.1 Å². The molecule has 0 radical (unpaired) electrons. The molecule has 0 aliphatic carbocycles. The zero-order chi connectivity index (χ0) is 15.9. The molecule has 0 saturated heterocycles. The van der Waals surface area contributed by atoms with Crippen LogP contribution in [0.2, 0.25) is 0 Å². The van der Waals surface area contributed by atoms with Crippen molar-refractivity contribution in [3.63, 3.8) is 0 Å². The van der Waals surface area contributed by atoms with Crippen LogP contribution in [-0.2, 0) is 0 Å². The van der Waals surface area contributed by atoms with Gasteiger partial charge >= 0.3 is 0 Å². The van der Waals surface area contributed by atoms with Gasteiger partial charge in [0.05, 0.1) is 12.5 Å². The van der Waals surface area contributed by atoms with E-state index >= 15 is 0 Å². The van der Waals surface area contributed by atoms with Crippen LogP contribution in [0.3, 0.4) is 0 Å². The van der Waals surface area contributed by atoms with Gasteiger partial charge in [0.1, 0.15) is 0 Å². The molecular weight excluding hydrogens is 290 g/mol. The van der Waals surface area contributed by atoms with Crippen LogP contribution in [0.15, 0.2) is 48.5 Å². The van der Waals surface area contributed by atoms with Crippen LogP contribution in [0.5, 0.6) is 0 Å². The third-order valence-electron chi connectivity index (χ3n) is 3.52. The van der Waals surface area contributed by atoms with E-state index in [2.05, 4.69) is 37.4 Å². The first-order valence-electron chi connectivity index (χ1n) is 7.19. The molecule has 1 N–H and O–H groups in total. The first kappa shape index (κ1) is 16.0. The van der Waals surface area contributed by atoms with E-state index in [1.807, 2.05) is 41.3 Å². The van der Waals surface area contributed by atoms with E-state index < -0.39 is 0 Å². The number of rotatable bonds is 4. The van der Waals surface area contributed by atoms with Crippen molar-refractivity contribution in [3.8, 4) is 6.07 Å². The zero-order valence-corrected chi connectivity index (χ0v) is 13.7. The van der Waals surface area contributed by atoms with Crippen LogP contribution in [0.25, 0.3) is 0 Å². The first-order chi connectivity index (χ1) is 10.6. The summed E-state index contributed by atoms with van der Waals surface area (Å²) >= 11 is 5.53. The Morgan fingerprint density at radius 2 is 1.86 bits per heavy atom. The zero-order valence-electron chi connectivity index (χ0n) is 12.8. The predicted octanol–water partition coefficient (Wildman–Crippen LogP) is 4.42. The SMILES string of the molecule is Cc1ccc(NC(=S)N(CCC#N)c2ccccc2)cc1C. The number of aryl methyl sites for hydroxylation is 2. The maximum absolute atomic E-state index is 8.86. The van der Waals surface area contributed by atoms with Crippen LogP contribution < -0.4 is 10.2 Å². The van der Waals surface area contributed by atoms with E-state index in [4.69, 9.17) is 17.5 Å². The Hall–Kier alpha value is -2.38. The van der Waals surface area contributed by atoms with Gasteiger partial charge in [0.2, 0.25) is 0 Å². The molecule has 0 spiro atoms. The molecule has 112 valence electrons. The number of nitrogens with one attached hydrogen (secondary N) is 1. The molecule has 0 bridgehead atoms. The van der Waals surface area contributed by atoms with Crippen molar-refractivity contribution in [2.24, 2.45) is 0 Å². The van der Waals surface area contributed by atoms with Gasteiger partial charge in [-0.2, -0.15) is 5.26 Å². The number of benzene rings is 2. The highest BCUT2D eigenvalue weighted by atomic mass is 32.1. The van der Waals surface area contributed by atoms with Gasteiger partial charge < -0.3 is 10.2 Å². The number of thiocarbonyl (C=S) groups is 1. The molecule has 0 aliphatic rings.